The van der Waals surface area contributed by atoms with Crippen molar-refractivity contribution in [2.24, 2.45) is 0 Å². The van der Waals surface area contributed by atoms with Gasteiger partial charge in [0.25, 0.3) is 0 Å². The molecule has 19 heteroatoms. The maximum atomic E-state index is 13.1. The van der Waals surface area contributed by atoms with Crippen molar-refractivity contribution in [3.05, 3.63) is 134 Å². The zero-order chi connectivity index (χ0) is 78.9. The largest absolute Gasteiger partial charge is 0.472 e. The molecule has 5 atom stereocenters. The van der Waals surface area contributed by atoms with Crippen LogP contribution in [0.4, 0.5) is 0 Å². The normalized spacial score (nSPS) is 14.5. The monoisotopic (exact) mass is 1560 g/mol. The van der Waals surface area contributed by atoms with Gasteiger partial charge in [-0.25, -0.2) is 9.13 Å². The first kappa shape index (κ1) is 103. The fourth-order valence-electron chi connectivity index (χ4n) is 11.2. The van der Waals surface area contributed by atoms with E-state index in [1.807, 2.05) is 18.2 Å². The molecule has 0 fully saturated rings. The summed E-state index contributed by atoms with van der Waals surface area (Å²) in [7, 11) is -9.99. The van der Waals surface area contributed by atoms with Crippen molar-refractivity contribution in [1.82, 2.24) is 0 Å². The highest BCUT2D eigenvalue weighted by Gasteiger charge is 2.30. The van der Waals surface area contributed by atoms with Gasteiger partial charge in [-0.15, -0.1) is 0 Å². The number of phosphoric acid groups is 2. The summed E-state index contributed by atoms with van der Waals surface area (Å²) in [6.45, 7) is 4.58. The van der Waals surface area contributed by atoms with Crippen LogP contribution in [0.5, 0.6) is 0 Å². The average Bonchev–Trinajstić information content (AvgIpc) is 0.896. The Kier molecular flexibility index (Phi) is 76.7. The molecule has 0 amide bonds. The molecule has 0 bridgehead atoms. The summed E-state index contributed by atoms with van der Waals surface area (Å²) in [6.07, 6.45) is 91.4. The number of carbonyl (C=O) groups excluding carboxylic acids is 4. The second-order valence-corrected chi connectivity index (χ2v) is 30.9. The van der Waals surface area contributed by atoms with E-state index in [0.717, 1.165) is 161 Å². The molecule has 0 aromatic rings. The minimum absolute atomic E-state index is 0.0297. The van der Waals surface area contributed by atoms with Gasteiger partial charge in [0, 0.05) is 25.7 Å². The standard InChI is InChI=1S/C89H152O17P2/c1-5-9-13-17-21-25-29-33-37-39-41-43-47-50-54-58-62-66-70-74-87(92)100-80-85(106-89(94)76-72-68-64-60-56-52-48-44-42-40-38-34-30-26-22-18-14-10-6-2)82-104-108(97,98)102-78-83(90)77-101-107(95,96)103-81-84(105-88(93)75-71-67-63-59-55-51-46-36-32-28-24-20-16-12-8-4)79-99-86(91)73-69-65-61-57-53-49-45-35-31-27-23-19-15-11-7-3/h9-10,13-14,21-22,25-26,33-35,37-38,41-45,50,54,62,66,83-85,90H,5-8,11-12,15-20,23-24,27-32,36,39-40,46-49,51-53,55-61,63-65,67-82H2,1-4H3,(H,95,96)(H,97,98)/b13-9-,14-10-,25-21-,26-22-,37-33-,38-34-,43-41-,44-42-,45-35-,54-50-,66-62-. The number of esters is 4. The minimum Gasteiger partial charge on any atom is -0.462 e. The number of allylic oxidation sites excluding steroid dienone is 22. The smallest absolute Gasteiger partial charge is 0.462 e. The Morgan fingerprint density at radius 2 is 0.500 bits per heavy atom. The molecule has 620 valence electrons. The maximum absolute atomic E-state index is 13.1. The third-order valence-electron chi connectivity index (χ3n) is 17.6. The maximum Gasteiger partial charge on any atom is 0.472 e. The Morgan fingerprint density at radius 1 is 0.269 bits per heavy atom. The zero-order valence-corrected chi connectivity index (χ0v) is 69.8. The SMILES string of the molecule is CC/C=C\C/C=C\C/C=C\C/C=C\C/C=C\C/C=C\CCC(=O)OCC(COP(=O)(O)OCC(O)COP(=O)(O)OCC(COC(=O)CCCCCCC/C=C\CCCCCCCC)OC(=O)CCCCCCCCCCCCCCCCC)OC(=O)CCCCCCCC/C=C\C/C=C\C/C=C\C/C=C\CC. The van der Waals surface area contributed by atoms with E-state index in [9.17, 15) is 43.2 Å². The van der Waals surface area contributed by atoms with E-state index in [0.29, 0.717) is 32.1 Å². The number of phosphoric ester groups is 2. The van der Waals surface area contributed by atoms with Crippen molar-refractivity contribution in [3.63, 3.8) is 0 Å². The van der Waals surface area contributed by atoms with Gasteiger partial charge >= 0.3 is 39.5 Å². The number of carbonyl (C=O) groups is 4. The van der Waals surface area contributed by atoms with Gasteiger partial charge in [0.1, 0.15) is 19.3 Å². The number of unbranched alkanes of at least 4 members (excludes halogenated alkanes) is 31. The summed E-state index contributed by atoms with van der Waals surface area (Å²) < 4.78 is 68.7. The molecule has 0 saturated carbocycles. The van der Waals surface area contributed by atoms with Gasteiger partial charge in [0.2, 0.25) is 0 Å². The molecule has 108 heavy (non-hydrogen) atoms. The van der Waals surface area contributed by atoms with Crippen molar-refractivity contribution in [1.29, 1.82) is 0 Å². The highest BCUT2D eigenvalue weighted by Crippen LogP contribution is 2.45. The van der Waals surface area contributed by atoms with Crippen LogP contribution in [0.3, 0.4) is 0 Å². The molecule has 0 aliphatic heterocycles. The van der Waals surface area contributed by atoms with Crippen LogP contribution in [0.1, 0.15) is 349 Å². The summed E-state index contributed by atoms with van der Waals surface area (Å²) in [5.74, 6) is -2.28. The van der Waals surface area contributed by atoms with Gasteiger partial charge in [0.15, 0.2) is 12.2 Å². The van der Waals surface area contributed by atoms with E-state index in [1.165, 1.54) is 103 Å². The van der Waals surface area contributed by atoms with Crippen LogP contribution >= 0.6 is 15.6 Å². The van der Waals surface area contributed by atoms with Crippen LogP contribution in [0.25, 0.3) is 0 Å². The van der Waals surface area contributed by atoms with Crippen molar-refractivity contribution in [2.75, 3.05) is 39.6 Å². The van der Waals surface area contributed by atoms with Crippen LogP contribution in [0.2, 0.25) is 0 Å². The Morgan fingerprint density at radius 3 is 0.806 bits per heavy atom. The molecule has 0 aromatic carbocycles. The van der Waals surface area contributed by atoms with Gasteiger partial charge in [-0.2, -0.15) is 0 Å². The van der Waals surface area contributed by atoms with Gasteiger partial charge in [-0.05, 0) is 128 Å². The lowest BCUT2D eigenvalue weighted by atomic mass is 10.0. The van der Waals surface area contributed by atoms with E-state index in [-0.39, 0.29) is 25.7 Å². The van der Waals surface area contributed by atoms with Gasteiger partial charge in [-0.3, -0.25) is 37.3 Å². The Labute approximate surface area is 656 Å². The quantitative estimate of drug-likeness (QED) is 0.0169. The third kappa shape index (κ3) is 79.3. The molecular weight excluding hydrogens is 1400 g/mol. The number of ether oxygens (including phenoxy) is 4. The predicted molar refractivity (Wildman–Crippen MR) is 445 cm³/mol. The molecule has 17 nitrogen and oxygen atoms in total. The van der Waals surface area contributed by atoms with Crippen LogP contribution in [-0.4, -0.2) is 96.7 Å². The Hall–Kier alpha value is -4.80. The van der Waals surface area contributed by atoms with Gasteiger partial charge in [0.05, 0.1) is 26.4 Å². The fourth-order valence-corrected chi connectivity index (χ4v) is 12.8. The predicted octanol–water partition coefficient (Wildman–Crippen LogP) is 25.2. The summed E-state index contributed by atoms with van der Waals surface area (Å²) in [5, 5.41) is 10.7. The molecule has 0 aromatic heterocycles. The number of aliphatic hydroxyl groups is 1. The van der Waals surface area contributed by atoms with Crippen LogP contribution in [-0.2, 0) is 65.4 Å². The summed E-state index contributed by atoms with van der Waals surface area (Å²) in [6, 6.07) is 0. The molecule has 0 aliphatic rings. The number of hydrogen-bond donors (Lipinski definition) is 3. The minimum atomic E-state index is -5.00. The van der Waals surface area contributed by atoms with E-state index < -0.39 is 97.5 Å². The van der Waals surface area contributed by atoms with Crippen molar-refractivity contribution >= 4 is 39.5 Å². The lowest BCUT2D eigenvalue weighted by Gasteiger charge is -2.21. The van der Waals surface area contributed by atoms with Crippen LogP contribution in [0, 0.1) is 0 Å². The fraction of sp³-hybridized carbons (Fsp3) is 0.708. The number of rotatable bonds is 79. The first-order chi connectivity index (χ1) is 52.7. The topological polar surface area (TPSA) is 237 Å². The van der Waals surface area contributed by atoms with E-state index in [2.05, 4.69) is 143 Å². The van der Waals surface area contributed by atoms with Crippen LogP contribution < -0.4 is 0 Å². The first-order valence-electron chi connectivity index (χ1n) is 42.4. The summed E-state index contributed by atoms with van der Waals surface area (Å²) >= 11 is 0. The van der Waals surface area contributed by atoms with Gasteiger partial charge < -0.3 is 33.8 Å². The highest BCUT2D eigenvalue weighted by atomic mass is 31.2. The molecule has 0 radical (unpaired) electrons. The lowest BCUT2D eigenvalue weighted by Crippen LogP contribution is -2.30. The molecule has 0 rings (SSSR count). The molecule has 5 unspecified atom stereocenters. The summed E-state index contributed by atoms with van der Waals surface area (Å²) in [5.41, 5.74) is 0. The second kappa shape index (κ2) is 80.3. The zero-order valence-electron chi connectivity index (χ0n) is 68.0. The Balaban J connectivity index is 5.45. The van der Waals surface area contributed by atoms with E-state index >= 15 is 0 Å². The highest BCUT2D eigenvalue weighted by molar-refractivity contribution is 7.47. The summed E-state index contributed by atoms with van der Waals surface area (Å²) in [4.78, 5) is 73.2. The van der Waals surface area contributed by atoms with E-state index in [1.54, 1.807) is 0 Å². The van der Waals surface area contributed by atoms with Gasteiger partial charge in [-0.1, -0.05) is 328 Å². The third-order valence-corrected chi connectivity index (χ3v) is 19.5. The lowest BCUT2D eigenvalue weighted by molar-refractivity contribution is -0.161. The molecule has 0 spiro atoms. The van der Waals surface area contributed by atoms with Crippen molar-refractivity contribution in [3.8, 4) is 0 Å². The molecule has 3 N–H and O–H groups in total. The number of aliphatic hydroxyl groups excluding tert-OH is 1. The Bertz CT molecular complexity index is 2560. The van der Waals surface area contributed by atoms with E-state index in [4.69, 9.17) is 37.0 Å². The second-order valence-electron chi connectivity index (χ2n) is 28.0. The van der Waals surface area contributed by atoms with Crippen molar-refractivity contribution in [2.45, 2.75) is 367 Å². The molecule has 0 aliphatic carbocycles. The molecule has 0 saturated heterocycles. The first-order valence-corrected chi connectivity index (χ1v) is 45.4. The molecular formula is C89H152O17P2. The van der Waals surface area contributed by atoms with Crippen molar-refractivity contribution < 1.29 is 80.2 Å². The number of hydrogen-bond acceptors (Lipinski definition) is 15. The van der Waals surface area contributed by atoms with Crippen LogP contribution in [0.15, 0.2) is 134 Å². The molecule has 0 heterocycles. The average molecular weight is 1560 g/mol.